The second kappa shape index (κ2) is 93.3. The van der Waals surface area contributed by atoms with E-state index in [1.54, 1.807) is 71.1 Å². The predicted molar refractivity (Wildman–Crippen MR) is 468 cm³/mol. The molecule has 26 heteroatoms. The number of aliphatic hydroxyl groups is 5. The summed E-state index contributed by atoms with van der Waals surface area (Å²) in [5, 5.41) is 45.3. The zero-order valence-corrected chi connectivity index (χ0v) is 76.0. The van der Waals surface area contributed by atoms with Crippen molar-refractivity contribution in [3.63, 3.8) is 0 Å². The van der Waals surface area contributed by atoms with E-state index in [2.05, 4.69) is 102 Å². The molecule has 6 saturated heterocycles. The Labute approximate surface area is 690 Å². The number of β-amino-alcohol motifs (C(OH)–C–C–N with tert-alkyl or cyclic N) is 2. The van der Waals surface area contributed by atoms with Crippen LogP contribution in [0, 0.1) is 5.92 Å². The van der Waals surface area contributed by atoms with Crippen molar-refractivity contribution in [3.05, 3.63) is 25.3 Å². The fraction of sp³-hybridized carbons (Fsp3) is 0.953. The number of likely N-dealkylation sites (tertiary alicyclic amines) is 5. The standard InChI is InChI=1S/C10H22N2O.C10H21NO2.C10H19NO.2C9H19NO2.C9H19NO.C8H17NO2.C8H19NO.C7H17NO2.C6H15NO/c1-3-11-6-8-12(9-7-11)5-4-10-13-2;1-13-7-3-6-11-5-2-4-10(8-11)9-12;1-4-7-11(8-5-2)9-6-10-12-3;1-12-8-2-5-10-6-3-9(11)4-7-10;1-12-7-3-6-10-5-2-4-9(11)8-10;1-11-9-5-8-10-6-3-2-4-7-10;1-11-6-2-4-9-5-3-8(10)7-9;1-4-9(5-2)7-6-8-10-3;1-8(5-6-9)4-3-7-10-2;1-7(2)5-4-6-8-3/h3-10H2,1-2H3;10,12H,2-9H2,1H3;4-5H,1-2,6-10H2,3H3;2*9,11H,2-8H2,1H3;2-9H2,1H3;8,10H,2-7H2,1H3;4-8H2,1-3H3;9H,3-7H2,1-2H3;4-6H2,1-3H3. The van der Waals surface area contributed by atoms with Crippen LogP contribution in [0.5, 0.6) is 0 Å². The minimum absolute atomic E-state index is 0.0522. The lowest BCUT2D eigenvalue weighted by atomic mass is 9.99. The van der Waals surface area contributed by atoms with E-state index in [0.29, 0.717) is 12.5 Å². The van der Waals surface area contributed by atoms with Crippen molar-refractivity contribution in [1.82, 2.24) is 53.9 Å². The van der Waals surface area contributed by atoms with Crippen LogP contribution in [0.2, 0.25) is 0 Å². The van der Waals surface area contributed by atoms with E-state index in [0.717, 1.165) is 274 Å². The van der Waals surface area contributed by atoms with Gasteiger partial charge in [-0.2, -0.15) is 0 Å². The molecule has 5 N–H and O–H groups in total. The van der Waals surface area contributed by atoms with Crippen molar-refractivity contribution < 1.29 is 72.9 Å². The van der Waals surface area contributed by atoms with Crippen molar-refractivity contribution in [1.29, 1.82) is 0 Å². The highest BCUT2D eigenvalue weighted by atomic mass is 16.5. The zero-order valence-electron chi connectivity index (χ0n) is 76.0. The molecule has 6 fully saturated rings. The van der Waals surface area contributed by atoms with E-state index in [-0.39, 0.29) is 24.9 Å². The number of aliphatic hydroxyl groups excluding tert-OH is 5. The predicted octanol–water partition coefficient (Wildman–Crippen LogP) is 7.54. The van der Waals surface area contributed by atoms with Gasteiger partial charge in [-0.3, -0.25) is 4.90 Å². The topological polar surface area (TPSA) is 229 Å². The molecule has 0 bridgehead atoms. The van der Waals surface area contributed by atoms with Crippen LogP contribution >= 0.6 is 0 Å². The Morgan fingerprint density at radius 1 is 0.330 bits per heavy atom. The fourth-order valence-electron chi connectivity index (χ4n) is 13.3. The van der Waals surface area contributed by atoms with Gasteiger partial charge in [0, 0.05) is 288 Å². The number of hydrogen-bond donors (Lipinski definition) is 5. The number of hydrogen-bond acceptors (Lipinski definition) is 26. The summed E-state index contributed by atoms with van der Waals surface area (Å²) in [6, 6.07) is 0. The summed E-state index contributed by atoms with van der Waals surface area (Å²) >= 11 is 0. The average Bonchev–Trinajstić information content (AvgIpc) is 1.06. The number of nitrogens with zero attached hydrogens (tertiary/aromatic N) is 11. The van der Waals surface area contributed by atoms with Crippen molar-refractivity contribution in [2.45, 2.75) is 167 Å². The molecular formula is C86H187N11O15. The van der Waals surface area contributed by atoms with E-state index in [4.69, 9.17) is 57.6 Å². The van der Waals surface area contributed by atoms with Crippen LogP contribution in [0.15, 0.2) is 25.3 Å². The Hall–Kier alpha value is -1.56. The molecule has 0 saturated carbocycles. The van der Waals surface area contributed by atoms with Gasteiger partial charge in [-0.1, -0.05) is 39.3 Å². The Morgan fingerprint density at radius 2 is 0.652 bits per heavy atom. The maximum atomic E-state index is 9.36. The SMILES string of the molecule is C=CCN(CC=C)CCCOC.CCN(CC)CCCOC.CCN1CCN(CCCOC)CC1.COCCCN(C)C.COCCCN(C)CCO.COCCCN1CCC(O)C1.COCCCN1CCC(O)CC1.COCCCN1CCCC(CO)C1.COCCCN1CCCC(O)C1.COCCCN1CCCCC1. The first-order valence-corrected chi connectivity index (χ1v) is 43.6. The van der Waals surface area contributed by atoms with E-state index < -0.39 is 0 Å². The monoisotopic (exact) mass is 1610 g/mol. The molecule has 0 spiro atoms. The van der Waals surface area contributed by atoms with E-state index in [1.807, 2.05) is 19.2 Å². The number of piperidine rings is 4. The van der Waals surface area contributed by atoms with Gasteiger partial charge < -0.3 is 122 Å². The van der Waals surface area contributed by atoms with Gasteiger partial charge in [-0.15, -0.1) is 13.2 Å². The summed E-state index contributed by atoms with van der Waals surface area (Å²) in [4.78, 5) is 25.9. The number of likely N-dealkylation sites (N-methyl/N-ethyl adjacent to an activating group) is 2. The molecular weight excluding hydrogens is 1430 g/mol. The van der Waals surface area contributed by atoms with E-state index in [1.165, 1.54) is 117 Å². The summed E-state index contributed by atoms with van der Waals surface area (Å²) in [5.74, 6) is 0.510. The molecule has 0 aliphatic carbocycles. The molecule has 6 aliphatic heterocycles. The third-order valence-corrected chi connectivity index (χ3v) is 20.1. The summed E-state index contributed by atoms with van der Waals surface area (Å²) < 4.78 is 49.6. The smallest absolute Gasteiger partial charge is 0.0679 e. The van der Waals surface area contributed by atoms with Gasteiger partial charge in [0.25, 0.3) is 0 Å². The largest absolute Gasteiger partial charge is 0.396 e. The molecule has 3 unspecified atom stereocenters. The third kappa shape index (κ3) is 83.5. The van der Waals surface area contributed by atoms with Crippen molar-refractivity contribution in [2.75, 3.05) is 368 Å². The molecule has 6 aliphatic rings. The lowest BCUT2D eigenvalue weighted by molar-refractivity contribution is 0.0650. The van der Waals surface area contributed by atoms with Crippen LogP contribution in [0.25, 0.3) is 0 Å². The van der Waals surface area contributed by atoms with Crippen molar-refractivity contribution in [2.24, 2.45) is 5.92 Å². The first-order valence-electron chi connectivity index (χ1n) is 43.6. The van der Waals surface area contributed by atoms with Crippen molar-refractivity contribution >= 4 is 0 Å². The molecule has 6 rings (SSSR count). The number of methoxy groups -OCH3 is 10. The Kier molecular flexibility index (Phi) is 97.3. The minimum Gasteiger partial charge on any atom is -0.396 e. The summed E-state index contributed by atoms with van der Waals surface area (Å²) in [5.41, 5.74) is 0. The van der Waals surface area contributed by atoms with Gasteiger partial charge in [0.05, 0.1) is 24.9 Å². The van der Waals surface area contributed by atoms with Crippen LogP contribution in [0.4, 0.5) is 0 Å². The molecule has 0 radical (unpaired) electrons. The van der Waals surface area contributed by atoms with Crippen LogP contribution in [0.1, 0.15) is 149 Å². The summed E-state index contributed by atoms with van der Waals surface area (Å²) in [7, 11) is 23.5. The number of rotatable bonds is 50. The van der Waals surface area contributed by atoms with Crippen molar-refractivity contribution in [3.8, 4) is 0 Å². The van der Waals surface area contributed by atoms with Gasteiger partial charge in [-0.05, 0) is 201 Å². The molecule has 676 valence electrons. The zero-order chi connectivity index (χ0) is 84.0. The second-order valence-corrected chi connectivity index (χ2v) is 30.2. The average molecular weight is 1620 g/mol. The van der Waals surface area contributed by atoms with Gasteiger partial charge in [0.15, 0.2) is 0 Å². The molecule has 112 heavy (non-hydrogen) atoms. The quantitative estimate of drug-likeness (QED) is 0.0293. The fourth-order valence-corrected chi connectivity index (χ4v) is 13.3. The highest BCUT2D eigenvalue weighted by molar-refractivity contribution is 4.80. The first-order chi connectivity index (χ1) is 54.4. The minimum atomic E-state index is -0.0960. The maximum Gasteiger partial charge on any atom is 0.0679 e. The first kappa shape index (κ1) is 117. The molecule has 0 amide bonds. The van der Waals surface area contributed by atoms with Gasteiger partial charge in [0.1, 0.15) is 0 Å². The lowest BCUT2D eigenvalue weighted by Gasteiger charge is -2.33. The normalized spacial score (nSPS) is 18.7. The molecule has 0 aromatic heterocycles. The Balaban J connectivity index is -0.000000580. The maximum absolute atomic E-state index is 9.36. The van der Waals surface area contributed by atoms with Gasteiger partial charge in [-0.25, -0.2) is 0 Å². The van der Waals surface area contributed by atoms with E-state index >= 15 is 0 Å². The Bertz CT molecular complexity index is 1770. The van der Waals surface area contributed by atoms with Gasteiger partial charge >= 0.3 is 0 Å². The molecule has 0 aromatic rings. The highest BCUT2D eigenvalue weighted by Crippen LogP contribution is 2.16. The highest BCUT2D eigenvalue weighted by Gasteiger charge is 2.21. The molecule has 26 nitrogen and oxygen atoms in total. The van der Waals surface area contributed by atoms with Crippen LogP contribution in [0.3, 0.4) is 0 Å². The summed E-state index contributed by atoms with van der Waals surface area (Å²) in [6.45, 7) is 56.2. The third-order valence-electron chi connectivity index (χ3n) is 20.1. The number of piperazine rings is 1. The van der Waals surface area contributed by atoms with Crippen LogP contribution < -0.4 is 0 Å². The van der Waals surface area contributed by atoms with Crippen LogP contribution in [-0.4, -0.2) is 466 Å². The number of ether oxygens (including phenoxy) is 10. The molecule has 3 atom stereocenters. The molecule has 0 aromatic carbocycles. The van der Waals surface area contributed by atoms with E-state index in [9.17, 15) is 15.3 Å². The van der Waals surface area contributed by atoms with Gasteiger partial charge in [0.2, 0.25) is 0 Å². The summed E-state index contributed by atoms with van der Waals surface area (Å²) in [6.07, 6.45) is 26.3. The van der Waals surface area contributed by atoms with Crippen LogP contribution in [-0.2, 0) is 47.4 Å². The Morgan fingerprint density at radius 3 is 1.03 bits per heavy atom. The molecule has 6 heterocycles. The second-order valence-electron chi connectivity index (χ2n) is 30.2. The lowest BCUT2D eigenvalue weighted by Crippen LogP contribution is -2.46.